The van der Waals surface area contributed by atoms with Gasteiger partial charge in [-0.15, -0.1) is 0 Å². The zero-order valence-electron chi connectivity index (χ0n) is 6.66. The molecule has 2 heteroatoms. The first kappa shape index (κ1) is 6.65. The van der Waals surface area contributed by atoms with Gasteiger partial charge >= 0.3 is 0 Å². The standard InChI is InChI=1S/C9H10NO/c1-3-7-8-5-4-6(2)10(8)9(7)11/h3-5,8H,1-2H3/b7-3+/t8-/m1/s1. The maximum absolute atomic E-state index is 11.3. The van der Waals surface area contributed by atoms with Crippen molar-refractivity contribution in [2.45, 2.75) is 19.9 Å². The molecule has 0 spiro atoms. The van der Waals surface area contributed by atoms with Crippen molar-refractivity contribution in [3.63, 3.8) is 0 Å². The quantitative estimate of drug-likeness (QED) is 0.374. The van der Waals surface area contributed by atoms with Gasteiger partial charge in [0.2, 0.25) is 0 Å². The summed E-state index contributed by atoms with van der Waals surface area (Å²) in [5.41, 5.74) is 1.99. The second-order valence-corrected chi connectivity index (χ2v) is 2.86. The average Bonchev–Trinajstić information content (AvgIpc) is 2.28. The van der Waals surface area contributed by atoms with E-state index in [1.165, 1.54) is 0 Å². The fourth-order valence-electron chi connectivity index (χ4n) is 1.64. The Morgan fingerprint density at radius 1 is 1.64 bits per heavy atom. The van der Waals surface area contributed by atoms with Gasteiger partial charge in [0.25, 0.3) is 5.91 Å². The summed E-state index contributed by atoms with van der Waals surface area (Å²) in [4.78, 5) is 13.1. The van der Waals surface area contributed by atoms with Gasteiger partial charge in [0.05, 0.1) is 6.04 Å². The second kappa shape index (κ2) is 1.97. The Morgan fingerprint density at radius 3 is 3.00 bits per heavy atom. The first-order valence-electron chi connectivity index (χ1n) is 3.77. The molecule has 57 valence electrons. The Morgan fingerprint density at radius 2 is 2.36 bits per heavy atom. The molecule has 1 saturated heterocycles. The molecule has 0 aromatic rings. The number of fused-ring (bicyclic) bond motifs is 1. The van der Waals surface area contributed by atoms with Crippen molar-refractivity contribution in [3.8, 4) is 0 Å². The van der Waals surface area contributed by atoms with Crippen LogP contribution in [0.25, 0.3) is 0 Å². The highest BCUT2D eigenvalue weighted by Gasteiger charge is 2.44. The summed E-state index contributed by atoms with van der Waals surface area (Å²) < 4.78 is 0. The molecule has 2 heterocycles. The van der Waals surface area contributed by atoms with Crippen molar-refractivity contribution >= 4 is 5.91 Å². The van der Waals surface area contributed by atoms with Gasteiger partial charge in [0.15, 0.2) is 0 Å². The summed E-state index contributed by atoms with van der Waals surface area (Å²) in [6, 6.07) is 0.257. The summed E-state index contributed by atoms with van der Waals surface area (Å²) in [7, 11) is 0. The van der Waals surface area contributed by atoms with Crippen molar-refractivity contribution in [2.24, 2.45) is 0 Å². The van der Waals surface area contributed by atoms with E-state index in [2.05, 4.69) is 6.42 Å². The van der Waals surface area contributed by atoms with Gasteiger partial charge in [-0.1, -0.05) is 12.2 Å². The smallest absolute Gasteiger partial charge is 0.256 e. The molecule has 2 rings (SSSR count). The molecule has 1 fully saturated rings. The van der Waals surface area contributed by atoms with Gasteiger partial charge in [-0.2, -0.15) is 0 Å². The molecule has 0 bridgehead atoms. The Balaban J connectivity index is 2.29. The zero-order chi connectivity index (χ0) is 8.01. The van der Waals surface area contributed by atoms with E-state index in [0.29, 0.717) is 0 Å². The summed E-state index contributed by atoms with van der Waals surface area (Å²) >= 11 is 0. The van der Waals surface area contributed by atoms with E-state index in [0.717, 1.165) is 11.3 Å². The summed E-state index contributed by atoms with van der Waals surface area (Å²) in [6.07, 6.45) is 5.96. The molecular weight excluding hydrogens is 138 g/mol. The van der Waals surface area contributed by atoms with Crippen LogP contribution in [-0.2, 0) is 4.79 Å². The van der Waals surface area contributed by atoms with Crippen LogP contribution in [0.3, 0.4) is 0 Å². The number of hydrogen-bond acceptors (Lipinski definition) is 1. The molecule has 0 unspecified atom stereocenters. The van der Waals surface area contributed by atoms with Crippen LogP contribution in [0.4, 0.5) is 0 Å². The molecule has 1 atom stereocenters. The second-order valence-electron chi connectivity index (χ2n) is 2.86. The highest BCUT2D eigenvalue weighted by molar-refractivity contribution is 6.04. The predicted molar refractivity (Wildman–Crippen MR) is 42.4 cm³/mol. The third kappa shape index (κ3) is 0.642. The van der Waals surface area contributed by atoms with E-state index in [9.17, 15) is 4.79 Å². The lowest BCUT2D eigenvalue weighted by Crippen LogP contribution is -2.50. The molecule has 0 saturated carbocycles. The molecule has 2 nitrogen and oxygen atoms in total. The van der Waals surface area contributed by atoms with Gasteiger partial charge in [-0.3, -0.25) is 4.79 Å². The molecule has 2 aliphatic rings. The van der Waals surface area contributed by atoms with Crippen molar-refractivity contribution < 1.29 is 4.79 Å². The van der Waals surface area contributed by atoms with Gasteiger partial charge in [0, 0.05) is 17.7 Å². The molecule has 2 aliphatic heterocycles. The van der Waals surface area contributed by atoms with E-state index in [1.54, 1.807) is 0 Å². The minimum Gasteiger partial charge on any atom is -0.305 e. The number of nitrogens with zero attached hydrogens (tertiary/aromatic N) is 1. The van der Waals surface area contributed by atoms with Gasteiger partial charge in [-0.25, -0.2) is 0 Å². The van der Waals surface area contributed by atoms with E-state index < -0.39 is 0 Å². The third-order valence-electron chi connectivity index (χ3n) is 2.27. The Bertz CT molecular complexity index is 275. The normalized spacial score (nSPS) is 32.0. The first-order valence-corrected chi connectivity index (χ1v) is 3.77. The fraction of sp³-hybridized carbons (Fsp3) is 0.333. The number of carbonyl (C=O) groups is 1. The molecule has 1 amide bonds. The van der Waals surface area contributed by atoms with Crippen LogP contribution in [-0.4, -0.2) is 16.8 Å². The number of rotatable bonds is 0. The SMILES string of the molecule is C/C=C1/C(=O)N2C(C)=C[CH][C@H]12. The number of carbonyl (C=O) groups excluding carboxylic acids is 1. The van der Waals surface area contributed by atoms with E-state index >= 15 is 0 Å². The van der Waals surface area contributed by atoms with Gasteiger partial charge in [0.1, 0.15) is 0 Å². The average molecular weight is 148 g/mol. The monoisotopic (exact) mass is 148 g/mol. The first-order chi connectivity index (χ1) is 5.25. The Labute approximate surface area is 66.2 Å². The van der Waals surface area contributed by atoms with Crippen LogP contribution in [0, 0.1) is 6.42 Å². The van der Waals surface area contributed by atoms with Crippen LogP contribution < -0.4 is 0 Å². The summed E-state index contributed by atoms with van der Waals surface area (Å²) in [6.45, 7) is 3.87. The predicted octanol–water partition coefficient (Wildman–Crippen LogP) is 1.27. The number of hydrogen-bond donors (Lipinski definition) is 0. The van der Waals surface area contributed by atoms with Crippen LogP contribution in [0.15, 0.2) is 23.4 Å². The highest BCUT2D eigenvalue weighted by Crippen LogP contribution is 2.36. The minimum absolute atomic E-state index is 0.167. The maximum Gasteiger partial charge on any atom is 0.256 e. The largest absolute Gasteiger partial charge is 0.305 e. The molecular formula is C9H10NO. The molecule has 0 aromatic heterocycles. The Kier molecular flexibility index (Phi) is 1.19. The van der Waals surface area contributed by atoms with Crippen molar-refractivity contribution in [2.75, 3.05) is 0 Å². The maximum atomic E-state index is 11.3. The fourth-order valence-corrected chi connectivity index (χ4v) is 1.64. The molecule has 0 aromatic carbocycles. The molecule has 11 heavy (non-hydrogen) atoms. The Hall–Kier alpha value is -1.05. The van der Waals surface area contributed by atoms with Crippen molar-refractivity contribution in [1.82, 2.24) is 4.90 Å². The number of β-lactam (4-membered cyclic amide) rings is 1. The van der Waals surface area contributed by atoms with Crippen LogP contribution in [0.2, 0.25) is 0 Å². The summed E-state index contributed by atoms with van der Waals surface area (Å²) in [5, 5.41) is 0. The van der Waals surface area contributed by atoms with E-state index in [4.69, 9.17) is 0 Å². The lowest BCUT2D eigenvalue weighted by molar-refractivity contribution is -0.132. The van der Waals surface area contributed by atoms with Gasteiger partial charge in [-0.05, 0) is 13.8 Å². The van der Waals surface area contributed by atoms with E-state index in [1.807, 2.05) is 30.9 Å². The van der Waals surface area contributed by atoms with Crippen molar-refractivity contribution in [1.29, 1.82) is 0 Å². The van der Waals surface area contributed by atoms with Crippen LogP contribution in [0.5, 0.6) is 0 Å². The van der Waals surface area contributed by atoms with Crippen molar-refractivity contribution in [3.05, 3.63) is 29.8 Å². The zero-order valence-corrected chi connectivity index (χ0v) is 6.66. The molecule has 0 aliphatic carbocycles. The van der Waals surface area contributed by atoms with E-state index in [-0.39, 0.29) is 11.9 Å². The minimum atomic E-state index is 0.167. The number of amides is 1. The number of allylic oxidation sites excluding steroid dienone is 2. The van der Waals surface area contributed by atoms with Gasteiger partial charge < -0.3 is 4.90 Å². The van der Waals surface area contributed by atoms with Crippen LogP contribution >= 0.6 is 0 Å². The topological polar surface area (TPSA) is 20.3 Å². The molecule has 0 N–H and O–H groups in total. The third-order valence-corrected chi connectivity index (χ3v) is 2.27. The van der Waals surface area contributed by atoms with Crippen LogP contribution in [0.1, 0.15) is 13.8 Å². The lowest BCUT2D eigenvalue weighted by Gasteiger charge is -2.38. The highest BCUT2D eigenvalue weighted by atomic mass is 16.2. The summed E-state index contributed by atoms with van der Waals surface area (Å²) in [5.74, 6) is 0.167. The molecule has 1 radical (unpaired) electrons. The lowest BCUT2D eigenvalue weighted by atomic mass is 9.95.